The zero-order chi connectivity index (χ0) is 13.2. The third kappa shape index (κ3) is 2.36. The topological polar surface area (TPSA) is 40.5 Å². The Morgan fingerprint density at radius 3 is 2.79 bits per heavy atom. The lowest BCUT2D eigenvalue weighted by Gasteiger charge is -2.19. The minimum Gasteiger partial charge on any atom is -0.481 e. The van der Waals surface area contributed by atoms with Crippen molar-refractivity contribution in [1.29, 1.82) is 0 Å². The number of carboxylic acid groups (broad SMARTS) is 1. The van der Waals surface area contributed by atoms with Crippen molar-refractivity contribution >= 4 is 5.97 Å². The van der Waals surface area contributed by atoms with Crippen LogP contribution in [0.5, 0.6) is 0 Å². The van der Waals surface area contributed by atoms with Gasteiger partial charge < -0.3 is 5.11 Å². The van der Waals surface area contributed by atoms with E-state index in [2.05, 4.69) is 16.7 Å². The van der Waals surface area contributed by atoms with E-state index in [1.807, 2.05) is 30.3 Å². The number of hydrogen-bond acceptors (Lipinski definition) is 2. The summed E-state index contributed by atoms with van der Waals surface area (Å²) in [6.07, 6.45) is 2.93. The molecule has 2 heterocycles. The molecule has 0 radical (unpaired) electrons. The second-order valence-electron chi connectivity index (χ2n) is 5.32. The number of carbonyl (C=O) groups is 1. The molecule has 0 amide bonds. The van der Waals surface area contributed by atoms with Gasteiger partial charge in [0.1, 0.15) is 0 Å². The minimum absolute atomic E-state index is 0.183. The number of fused-ring (bicyclic) bond motifs is 2. The highest BCUT2D eigenvalue weighted by Gasteiger charge is 2.48. The molecule has 2 saturated heterocycles. The summed E-state index contributed by atoms with van der Waals surface area (Å²) in [5, 5.41) is 9.19. The normalized spacial score (nSPS) is 28.9. The molecule has 1 aromatic carbocycles. The Balaban J connectivity index is 1.66. The number of carboxylic acids is 1. The first kappa shape index (κ1) is 12.3. The number of hydrogen-bond donors (Lipinski definition) is 1. The van der Waals surface area contributed by atoms with Crippen molar-refractivity contribution in [1.82, 2.24) is 4.90 Å². The Kier molecular flexibility index (Phi) is 3.27. The van der Waals surface area contributed by atoms with Crippen LogP contribution in [-0.4, -0.2) is 34.6 Å². The Hall–Kier alpha value is -1.79. The number of aliphatic carboxylic acids is 1. The molecule has 2 aliphatic rings. The molecular weight excluding hydrogens is 238 g/mol. The van der Waals surface area contributed by atoms with Gasteiger partial charge in [-0.15, -0.1) is 0 Å². The van der Waals surface area contributed by atoms with Crippen LogP contribution in [0.15, 0.2) is 30.3 Å². The zero-order valence-corrected chi connectivity index (χ0v) is 10.7. The van der Waals surface area contributed by atoms with Crippen molar-refractivity contribution in [2.24, 2.45) is 5.92 Å². The maximum Gasteiger partial charge on any atom is 0.308 e. The van der Waals surface area contributed by atoms with Crippen molar-refractivity contribution in [3.63, 3.8) is 0 Å². The maximum atomic E-state index is 11.2. The molecule has 3 nitrogen and oxygen atoms in total. The summed E-state index contributed by atoms with van der Waals surface area (Å²) in [6, 6.07) is 10.5. The van der Waals surface area contributed by atoms with Crippen molar-refractivity contribution in [2.45, 2.75) is 31.3 Å². The molecular formula is C16H17NO2. The van der Waals surface area contributed by atoms with Gasteiger partial charge in [0.05, 0.1) is 12.5 Å². The van der Waals surface area contributed by atoms with Crippen LogP contribution in [0.3, 0.4) is 0 Å². The van der Waals surface area contributed by atoms with E-state index in [4.69, 9.17) is 0 Å². The van der Waals surface area contributed by atoms with Crippen LogP contribution >= 0.6 is 0 Å². The van der Waals surface area contributed by atoms with E-state index in [1.54, 1.807) is 0 Å². The molecule has 3 rings (SSSR count). The monoisotopic (exact) mass is 255 g/mol. The van der Waals surface area contributed by atoms with Gasteiger partial charge in [-0.1, -0.05) is 30.0 Å². The number of rotatable bonds is 2. The van der Waals surface area contributed by atoms with Gasteiger partial charge in [-0.25, -0.2) is 0 Å². The van der Waals surface area contributed by atoms with Crippen LogP contribution in [0.25, 0.3) is 0 Å². The molecule has 1 aromatic rings. The Bertz CT molecular complexity index is 529. The van der Waals surface area contributed by atoms with Gasteiger partial charge in [-0.2, -0.15) is 0 Å². The summed E-state index contributed by atoms with van der Waals surface area (Å²) >= 11 is 0. The van der Waals surface area contributed by atoms with Crippen LogP contribution in [-0.2, 0) is 4.79 Å². The fraction of sp³-hybridized carbons (Fsp3) is 0.438. The predicted octanol–water partition coefficient (Wildman–Crippen LogP) is 1.98. The summed E-state index contributed by atoms with van der Waals surface area (Å²) in [5.41, 5.74) is 1.02. The lowest BCUT2D eigenvalue weighted by molar-refractivity contribution is -0.142. The van der Waals surface area contributed by atoms with Crippen LogP contribution in [0.2, 0.25) is 0 Å². The standard InChI is InChI=1S/C16H17NO2/c18-16(19)14-11-13-8-9-15(14)17(13)10-4-7-12-5-2-1-3-6-12/h1-3,5-6,13-15H,8-11H2,(H,18,19). The maximum absolute atomic E-state index is 11.2. The van der Waals surface area contributed by atoms with Crippen molar-refractivity contribution in [3.05, 3.63) is 35.9 Å². The van der Waals surface area contributed by atoms with Gasteiger partial charge in [0, 0.05) is 17.6 Å². The van der Waals surface area contributed by atoms with Crippen LogP contribution in [0, 0.1) is 17.8 Å². The molecule has 3 atom stereocenters. The van der Waals surface area contributed by atoms with E-state index in [-0.39, 0.29) is 12.0 Å². The average Bonchev–Trinajstić information content (AvgIpc) is 2.97. The van der Waals surface area contributed by atoms with E-state index in [9.17, 15) is 9.90 Å². The Morgan fingerprint density at radius 1 is 1.32 bits per heavy atom. The third-order valence-electron chi connectivity index (χ3n) is 4.27. The van der Waals surface area contributed by atoms with Crippen molar-refractivity contribution in [2.75, 3.05) is 6.54 Å². The van der Waals surface area contributed by atoms with Crippen molar-refractivity contribution < 1.29 is 9.90 Å². The van der Waals surface area contributed by atoms with E-state index in [1.165, 1.54) is 0 Å². The van der Waals surface area contributed by atoms with E-state index in [0.29, 0.717) is 12.6 Å². The lowest BCUT2D eigenvalue weighted by Crippen LogP contribution is -2.33. The third-order valence-corrected chi connectivity index (χ3v) is 4.27. The van der Waals surface area contributed by atoms with Gasteiger partial charge in [-0.05, 0) is 31.4 Å². The summed E-state index contributed by atoms with van der Waals surface area (Å²) in [5.74, 6) is 5.50. The zero-order valence-electron chi connectivity index (χ0n) is 10.7. The molecule has 98 valence electrons. The lowest BCUT2D eigenvalue weighted by atomic mass is 9.89. The molecule has 0 aliphatic carbocycles. The first-order chi connectivity index (χ1) is 9.25. The van der Waals surface area contributed by atoms with Crippen molar-refractivity contribution in [3.8, 4) is 11.8 Å². The first-order valence-corrected chi connectivity index (χ1v) is 6.78. The fourth-order valence-electron chi connectivity index (χ4n) is 3.37. The number of benzene rings is 1. The van der Waals surface area contributed by atoms with E-state index < -0.39 is 5.97 Å². The summed E-state index contributed by atoms with van der Waals surface area (Å²) in [6.45, 7) is 0.688. The SMILES string of the molecule is O=C(O)C1CC2CCC1N2CC#Cc1ccccc1. The highest BCUT2D eigenvalue weighted by molar-refractivity contribution is 5.71. The molecule has 1 N–H and O–H groups in total. The number of nitrogens with zero attached hydrogens (tertiary/aromatic N) is 1. The highest BCUT2D eigenvalue weighted by atomic mass is 16.4. The Morgan fingerprint density at radius 2 is 2.11 bits per heavy atom. The summed E-state index contributed by atoms with van der Waals surface area (Å²) < 4.78 is 0. The van der Waals surface area contributed by atoms with Gasteiger partial charge in [0.15, 0.2) is 0 Å². The Labute approximate surface area is 113 Å². The smallest absolute Gasteiger partial charge is 0.308 e. The van der Waals surface area contributed by atoms with Gasteiger partial charge >= 0.3 is 5.97 Å². The van der Waals surface area contributed by atoms with Crippen LogP contribution < -0.4 is 0 Å². The van der Waals surface area contributed by atoms with Crippen LogP contribution in [0.4, 0.5) is 0 Å². The molecule has 2 aliphatic heterocycles. The second-order valence-corrected chi connectivity index (χ2v) is 5.32. The second kappa shape index (κ2) is 5.07. The molecule has 2 fully saturated rings. The summed E-state index contributed by atoms with van der Waals surface area (Å²) in [4.78, 5) is 13.5. The van der Waals surface area contributed by atoms with Gasteiger partial charge in [-0.3, -0.25) is 9.69 Å². The van der Waals surface area contributed by atoms with Gasteiger partial charge in [0.2, 0.25) is 0 Å². The molecule has 0 spiro atoms. The van der Waals surface area contributed by atoms with E-state index >= 15 is 0 Å². The summed E-state index contributed by atoms with van der Waals surface area (Å²) in [7, 11) is 0. The quantitative estimate of drug-likeness (QED) is 0.821. The molecule has 3 unspecified atom stereocenters. The molecule has 2 bridgehead atoms. The molecule has 0 aromatic heterocycles. The molecule has 0 saturated carbocycles. The van der Waals surface area contributed by atoms with E-state index in [0.717, 1.165) is 24.8 Å². The largest absolute Gasteiger partial charge is 0.481 e. The van der Waals surface area contributed by atoms with Gasteiger partial charge in [0.25, 0.3) is 0 Å². The first-order valence-electron chi connectivity index (χ1n) is 6.78. The van der Waals surface area contributed by atoms with Crippen LogP contribution in [0.1, 0.15) is 24.8 Å². The fourth-order valence-corrected chi connectivity index (χ4v) is 3.37. The minimum atomic E-state index is -0.645. The average molecular weight is 255 g/mol. The highest BCUT2D eigenvalue weighted by Crippen LogP contribution is 2.41. The molecule has 3 heteroatoms. The molecule has 19 heavy (non-hydrogen) atoms. The predicted molar refractivity (Wildman–Crippen MR) is 72.6 cm³/mol.